The number of halogens is 7. The van der Waals surface area contributed by atoms with Crippen molar-refractivity contribution < 1.29 is 44.9 Å². The van der Waals surface area contributed by atoms with Crippen LogP contribution in [0.3, 0.4) is 0 Å². The van der Waals surface area contributed by atoms with Gasteiger partial charge in [-0.1, -0.05) is 42.5 Å². The normalized spacial score (nSPS) is 17.7. The second kappa shape index (κ2) is 13.3. The molecule has 0 amide bonds. The lowest BCUT2D eigenvalue weighted by molar-refractivity contribution is -0.167. The molecule has 11 heteroatoms. The first-order valence-corrected chi connectivity index (χ1v) is 14.6. The van der Waals surface area contributed by atoms with Crippen LogP contribution in [-0.4, -0.2) is 18.3 Å². The Bertz CT molecular complexity index is 1590. The number of fused-ring (bicyclic) bond motifs is 1. The predicted octanol–water partition coefficient (Wildman–Crippen LogP) is 9.53. The number of nitrogens with one attached hydrogen (secondary N) is 1. The summed E-state index contributed by atoms with van der Waals surface area (Å²) in [6.45, 7) is 3.53. The van der Waals surface area contributed by atoms with Crippen LogP contribution in [0.25, 0.3) is 0 Å². The second-order valence-corrected chi connectivity index (χ2v) is 11.6. The van der Waals surface area contributed by atoms with E-state index in [-0.39, 0.29) is 24.1 Å². The smallest absolute Gasteiger partial charge is 0.416 e. The van der Waals surface area contributed by atoms with Crippen molar-refractivity contribution >= 4 is 5.69 Å². The van der Waals surface area contributed by atoms with E-state index in [9.17, 15) is 30.7 Å². The van der Waals surface area contributed by atoms with Crippen molar-refractivity contribution in [3.05, 3.63) is 130 Å². The van der Waals surface area contributed by atoms with Crippen LogP contribution in [0.4, 0.5) is 36.4 Å². The van der Waals surface area contributed by atoms with Gasteiger partial charge in [-0.15, -0.1) is 0 Å². The minimum atomic E-state index is -4.98. The summed E-state index contributed by atoms with van der Waals surface area (Å²) in [6.07, 6.45) is -11.1. The van der Waals surface area contributed by atoms with Gasteiger partial charge in [0.15, 0.2) is 0 Å². The van der Waals surface area contributed by atoms with Crippen molar-refractivity contribution in [1.82, 2.24) is 0 Å². The third-order valence-corrected chi connectivity index (χ3v) is 7.67. The molecule has 0 aliphatic carbocycles. The third kappa shape index (κ3) is 8.19. The first-order valence-electron chi connectivity index (χ1n) is 14.6. The van der Waals surface area contributed by atoms with Gasteiger partial charge in [-0.3, -0.25) is 0 Å². The summed E-state index contributed by atoms with van der Waals surface area (Å²) in [4.78, 5) is 0. The number of hydrogen-bond acceptors (Lipinski definition) is 4. The van der Waals surface area contributed by atoms with Gasteiger partial charge in [0, 0.05) is 17.8 Å². The van der Waals surface area contributed by atoms with E-state index in [2.05, 4.69) is 5.32 Å². The Labute approximate surface area is 262 Å². The Morgan fingerprint density at radius 3 is 2.02 bits per heavy atom. The summed E-state index contributed by atoms with van der Waals surface area (Å²) in [6, 6.07) is 22.4. The lowest BCUT2D eigenvalue weighted by Crippen LogP contribution is -2.51. The van der Waals surface area contributed by atoms with Crippen LogP contribution in [0.5, 0.6) is 5.75 Å². The van der Waals surface area contributed by atoms with Gasteiger partial charge in [-0.25, -0.2) is 4.39 Å². The summed E-state index contributed by atoms with van der Waals surface area (Å²) < 4.78 is 113. The second-order valence-electron chi connectivity index (χ2n) is 11.6. The highest BCUT2D eigenvalue weighted by Crippen LogP contribution is 2.45. The molecule has 46 heavy (non-hydrogen) atoms. The highest BCUT2D eigenvalue weighted by atomic mass is 19.4. The number of hydrogen-bond donors (Lipinski definition) is 1. The van der Waals surface area contributed by atoms with E-state index in [1.54, 1.807) is 32.0 Å². The maximum atomic E-state index is 13.5. The molecule has 4 nitrogen and oxygen atoms in total. The van der Waals surface area contributed by atoms with E-state index in [1.165, 1.54) is 12.1 Å². The number of benzene rings is 4. The molecule has 0 saturated carbocycles. The van der Waals surface area contributed by atoms with E-state index >= 15 is 0 Å². The molecule has 0 spiro atoms. The van der Waals surface area contributed by atoms with Crippen molar-refractivity contribution in [2.24, 2.45) is 0 Å². The van der Waals surface area contributed by atoms with E-state index in [1.807, 2.05) is 42.5 Å². The van der Waals surface area contributed by atoms with E-state index in [0.29, 0.717) is 42.1 Å². The van der Waals surface area contributed by atoms with Crippen LogP contribution < -0.4 is 10.1 Å². The lowest BCUT2D eigenvalue weighted by atomic mass is 9.87. The molecule has 0 radical (unpaired) electrons. The van der Waals surface area contributed by atoms with Crippen molar-refractivity contribution in [3.8, 4) is 5.75 Å². The standard InChI is InChI=1S/C35H32F7NO3/c1-33(2)32(45-21-24-16-25(34(37,38)39)18-26(17-24)35(40,41)42)31(44-15-14-22-6-4-3-5-7-22)29-19-28(12-13-30(29)46-33)43-20-23-8-10-27(36)11-9-23/h3-13,16-19,31-32,43H,14-15,20-21H2,1-2H3. The molecule has 4 aromatic rings. The Balaban J connectivity index is 1.44. The van der Waals surface area contributed by atoms with Gasteiger partial charge in [0.2, 0.25) is 0 Å². The van der Waals surface area contributed by atoms with Gasteiger partial charge in [-0.05, 0) is 85.5 Å². The van der Waals surface area contributed by atoms with Crippen molar-refractivity contribution in [2.45, 2.75) is 63.6 Å². The fraction of sp³-hybridized carbons (Fsp3) is 0.314. The van der Waals surface area contributed by atoms with Crippen molar-refractivity contribution in [2.75, 3.05) is 11.9 Å². The van der Waals surface area contributed by atoms with Gasteiger partial charge in [0.25, 0.3) is 0 Å². The maximum absolute atomic E-state index is 13.5. The van der Waals surface area contributed by atoms with Gasteiger partial charge in [-0.2, -0.15) is 26.3 Å². The van der Waals surface area contributed by atoms with Crippen LogP contribution in [0, 0.1) is 5.82 Å². The zero-order valence-corrected chi connectivity index (χ0v) is 25.0. The third-order valence-electron chi connectivity index (χ3n) is 7.67. The monoisotopic (exact) mass is 647 g/mol. The van der Waals surface area contributed by atoms with Crippen LogP contribution in [0.15, 0.2) is 91.0 Å². The van der Waals surface area contributed by atoms with Crippen molar-refractivity contribution in [1.29, 1.82) is 0 Å². The van der Waals surface area contributed by atoms with Gasteiger partial charge in [0.05, 0.1) is 24.3 Å². The molecule has 244 valence electrons. The Kier molecular flexibility index (Phi) is 9.65. The average Bonchev–Trinajstić information content (AvgIpc) is 2.99. The summed E-state index contributed by atoms with van der Waals surface area (Å²) in [5.74, 6) is 0.152. The first kappa shape index (κ1) is 33.3. The number of rotatable bonds is 10. The number of alkyl halides is 6. The Hall–Kier alpha value is -4.09. The van der Waals surface area contributed by atoms with E-state index in [4.69, 9.17) is 14.2 Å². The molecule has 2 unspecified atom stereocenters. The quantitative estimate of drug-likeness (QED) is 0.174. The van der Waals surface area contributed by atoms with Gasteiger partial charge in [0.1, 0.15) is 29.4 Å². The number of ether oxygens (including phenoxy) is 3. The van der Waals surface area contributed by atoms with E-state index in [0.717, 1.165) is 11.1 Å². The summed E-state index contributed by atoms with van der Waals surface area (Å²) in [5.41, 5.74) is -1.06. The molecule has 1 aliphatic heterocycles. The fourth-order valence-corrected chi connectivity index (χ4v) is 5.35. The molecule has 1 N–H and O–H groups in total. The highest BCUT2D eigenvalue weighted by Gasteiger charge is 2.46. The Morgan fingerprint density at radius 2 is 1.39 bits per heavy atom. The van der Waals surface area contributed by atoms with Crippen molar-refractivity contribution in [3.63, 3.8) is 0 Å². The summed E-state index contributed by atoms with van der Waals surface area (Å²) in [5, 5.41) is 3.28. The van der Waals surface area contributed by atoms with Gasteiger partial charge >= 0.3 is 12.4 Å². The average molecular weight is 648 g/mol. The maximum Gasteiger partial charge on any atom is 0.416 e. The summed E-state index contributed by atoms with van der Waals surface area (Å²) in [7, 11) is 0. The van der Waals surface area contributed by atoms with Gasteiger partial charge < -0.3 is 19.5 Å². The zero-order chi connectivity index (χ0) is 33.1. The number of anilines is 1. The lowest BCUT2D eigenvalue weighted by Gasteiger charge is -2.44. The molecule has 0 aromatic heterocycles. The summed E-state index contributed by atoms with van der Waals surface area (Å²) >= 11 is 0. The SMILES string of the molecule is CC1(C)Oc2ccc(NCc3ccc(F)cc3)cc2C(OCCc2ccccc2)C1OCc1cc(C(F)(F)F)cc(C(F)(F)F)c1. The largest absolute Gasteiger partial charge is 0.485 e. The molecule has 1 heterocycles. The van der Waals surface area contributed by atoms with Crippen LogP contribution >= 0.6 is 0 Å². The minimum absolute atomic E-state index is 0.0867. The minimum Gasteiger partial charge on any atom is -0.485 e. The zero-order valence-electron chi connectivity index (χ0n) is 25.0. The molecular weight excluding hydrogens is 615 g/mol. The predicted molar refractivity (Wildman–Crippen MR) is 159 cm³/mol. The Morgan fingerprint density at radius 1 is 0.739 bits per heavy atom. The molecule has 2 atom stereocenters. The topological polar surface area (TPSA) is 39.7 Å². The molecule has 5 rings (SSSR count). The highest BCUT2D eigenvalue weighted by molar-refractivity contribution is 5.54. The van der Waals surface area contributed by atoms with E-state index < -0.39 is 47.9 Å². The molecule has 0 fully saturated rings. The molecule has 1 aliphatic rings. The first-order chi connectivity index (χ1) is 21.7. The molecular formula is C35H32F7NO3. The molecule has 0 bridgehead atoms. The molecule has 0 saturated heterocycles. The van der Waals surface area contributed by atoms with Crippen LogP contribution in [0.1, 0.15) is 53.3 Å². The van der Waals surface area contributed by atoms with Crippen LogP contribution in [-0.2, 0) is 41.4 Å². The molecule has 4 aromatic carbocycles. The van der Waals surface area contributed by atoms with Crippen LogP contribution in [0.2, 0.25) is 0 Å². The fourth-order valence-electron chi connectivity index (χ4n) is 5.35.